The molecule has 0 aromatic rings. The Morgan fingerprint density at radius 1 is 0.800 bits per heavy atom. The van der Waals surface area contributed by atoms with Crippen LogP contribution in [0, 0.1) is 11.8 Å². The van der Waals surface area contributed by atoms with E-state index in [0.29, 0.717) is 0 Å². The fourth-order valence-corrected chi connectivity index (χ4v) is 5.10. The highest BCUT2D eigenvalue weighted by atomic mass is 15.1. The van der Waals surface area contributed by atoms with Crippen LogP contribution in [-0.4, -0.2) is 37.1 Å². The first kappa shape index (κ1) is 14.8. The van der Waals surface area contributed by atoms with Crippen LogP contribution >= 0.6 is 0 Å². The zero-order valence-electron chi connectivity index (χ0n) is 13.4. The Morgan fingerprint density at radius 3 is 2.35 bits per heavy atom. The predicted octanol–water partition coefficient (Wildman–Crippen LogP) is 3.81. The van der Waals surface area contributed by atoms with E-state index in [1.807, 2.05) is 0 Å². The minimum Gasteiger partial charge on any atom is -0.310 e. The molecule has 3 atom stereocenters. The van der Waals surface area contributed by atoms with Crippen LogP contribution in [0.1, 0.15) is 70.6 Å². The van der Waals surface area contributed by atoms with Crippen LogP contribution in [0.3, 0.4) is 0 Å². The fourth-order valence-electron chi connectivity index (χ4n) is 5.10. The third-order valence-corrected chi connectivity index (χ3v) is 6.15. The van der Waals surface area contributed by atoms with Gasteiger partial charge < -0.3 is 10.2 Å². The van der Waals surface area contributed by atoms with Gasteiger partial charge in [0.15, 0.2) is 0 Å². The van der Waals surface area contributed by atoms with Crippen LogP contribution in [0.4, 0.5) is 0 Å². The highest BCUT2D eigenvalue weighted by Crippen LogP contribution is 2.38. The van der Waals surface area contributed by atoms with Gasteiger partial charge in [-0.15, -0.1) is 0 Å². The molecule has 0 spiro atoms. The molecule has 20 heavy (non-hydrogen) atoms. The SMILES string of the molecule is CN1CCCC(NC2CCCCC2C2CCCCC2)C1. The monoisotopic (exact) mass is 278 g/mol. The molecule has 2 saturated carbocycles. The maximum Gasteiger partial charge on any atom is 0.0198 e. The molecule has 1 aliphatic heterocycles. The molecule has 1 N–H and O–H groups in total. The van der Waals surface area contributed by atoms with Crippen molar-refractivity contribution in [2.75, 3.05) is 20.1 Å². The largest absolute Gasteiger partial charge is 0.310 e. The molecule has 0 radical (unpaired) electrons. The van der Waals surface area contributed by atoms with Crippen LogP contribution in [0.5, 0.6) is 0 Å². The second-order valence-corrected chi connectivity index (χ2v) is 7.72. The van der Waals surface area contributed by atoms with Crippen molar-refractivity contribution in [1.82, 2.24) is 10.2 Å². The van der Waals surface area contributed by atoms with E-state index in [4.69, 9.17) is 0 Å². The van der Waals surface area contributed by atoms with Gasteiger partial charge in [-0.1, -0.05) is 44.9 Å². The molecular formula is C18H34N2. The van der Waals surface area contributed by atoms with Crippen molar-refractivity contribution >= 4 is 0 Å². The van der Waals surface area contributed by atoms with Crippen LogP contribution < -0.4 is 5.32 Å². The highest BCUT2D eigenvalue weighted by molar-refractivity contribution is 4.90. The Balaban J connectivity index is 1.56. The summed E-state index contributed by atoms with van der Waals surface area (Å²) in [4.78, 5) is 2.51. The Morgan fingerprint density at radius 2 is 1.55 bits per heavy atom. The summed E-state index contributed by atoms with van der Waals surface area (Å²) in [6.07, 6.45) is 16.2. The molecule has 0 amide bonds. The lowest BCUT2D eigenvalue weighted by Crippen LogP contribution is -2.52. The summed E-state index contributed by atoms with van der Waals surface area (Å²) in [6.45, 7) is 2.57. The first-order chi connectivity index (χ1) is 9.83. The van der Waals surface area contributed by atoms with E-state index in [-0.39, 0.29) is 0 Å². The Labute approximate surface area is 125 Å². The van der Waals surface area contributed by atoms with Gasteiger partial charge in [0, 0.05) is 18.6 Å². The van der Waals surface area contributed by atoms with E-state index in [0.717, 1.165) is 23.9 Å². The molecule has 2 heteroatoms. The van der Waals surface area contributed by atoms with Gasteiger partial charge >= 0.3 is 0 Å². The number of hydrogen-bond acceptors (Lipinski definition) is 2. The molecule has 0 bridgehead atoms. The van der Waals surface area contributed by atoms with E-state index < -0.39 is 0 Å². The minimum atomic E-state index is 0.767. The molecule has 2 nitrogen and oxygen atoms in total. The minimum absolute atomic E-state index is 0.767. The zero-order valence-corrected chi connectivity index (χ0v) is 13.4. The zero-order chi connectivity index (χ0) is 13.8. The molecule has 3 unspecified atom stereocenters. The smallest absolute Gasteiger partial charge is 0.0198 e. The average molecular weight is 278 g/mol. The van der Waals surface area contributed by atoms with Gasteiger partial charge in [-0.3, -0.25) is 0 Å². The van der Waals surface area contributed by atoms with Crippen LogP contribution in [0.25, 0.3) is 0 Å². The van der Waals surface area contributed by atoms with Crippen molar-refractivity contribution in [2.24, 2.45) is 11.8 Å². The number of piperidine rings is 1. The summed E-state index contributed by atoms with van der Waals surface area (Å²) >= 11 is 0. The lowest BCUT2D eigenvalue weighted by Gasteiger charge is -2.42. The van der Waals surface area contributed by atoms with E-state index in [9.17, 15) is 0 Å². The van der Waals surface area contributed by atoms with Gasteiger partial charge in [-0.2, -0.15) is 0 Å². The second-order valence-electron chi connectivity index (χ2n) is 7.72. The highest BCUT2D eigenvalue weighted by Gasteiger charge is 2.33. The maximum absolute atomic E-state index is 4.09. The normalized spacial score (nSPS) is 38.0. The van der Waals surface area contributed by atoms with Crippen LogP contribution in [0.2, 0.25) is 0 Å². The summed E-state index contributed by atoms with van der Waals surface area (Å²) in [5, 5.41) is 4.09. The lowest BCUT2D eigenvalue weighted by molar-refractivity contribution is 0.124. The summed E-state index contributed by atoms with van der Waals surface area (Å²) < 4.78 is 0. The maximum atomic E-state index is 4.09. The van der Waals surface area contributed by atoms with Crippen LogP contribution in [0.15, 0.2) is 0 Å². The summed E-state index contributed by atoms with van der Waals surface area (Å²) in [7, 11) is 2.29. The van der Waals surface area contributed by atoms with E-state index >= 15 is 0 Å². The lowest BCUT2D eigenvalue weighted by atomic mass is 9.70. The quantitative estimate of drug-likeness (QED) is 0.844. The van der Waals surface area contributed by atoms with Gasteiger partial charge in [0.1, 0.15) is 0 Å². The molecule has 1 heterocycles. The number of likely N-dealkylation sites (tertiary alicyclic amines) is 1. The summed E-state index contributed by atoms with van der Waals surface area (Å²) in [6, 6.07) is 1.60. The molecular weight excluding hydrogens is 244 g/mol. The van der Waals surface area contributed by atoms with Crippen molar-refractivity contribution in [3.05, 3.63) is 0 Å². The van der Waals surface area contributed by atoms with Gasteiger partial charge in [0.25, 0.3) is 0 Å². The van der Waals surface area contributed by atoms with Crippen molar-refractivity contribution in [1.29, 1.82) is 0 Å². The van der Waals surface area contributed by atoms with Gasteiger partial charge in [-0.25, -0.2) is 0 Å². The number of rotatable bonds is 3. The number of likely N-dealkylation sites (N-methyl/N-ethyl adjacent to an activating group) is 1. The number of nitrogens with one attached hydrogen (secondary N) is 1. The molecule has 0 aromatic carbocycles. The summed E-state index contributed by atoms with van der Waals surface area (Å²) in [5.74, 6) is 2.04. The Kier molecular flexibility index (Phi) is 5.39. The Bertz CT molecular complexity index is 285. The number of nitrogens with zero attached hydrogens (tertiary/aromatic N) is 1. The first-order valence-corrected chi connectivity index (χ1v) is 9.27. The first-order valence-electron chi connectivity index (χ1n) is 9.27. The molecule has 3 aliphatic rings. The third-order valence-electron chi connectivity index (χ3n) is 6.15. The van der Waals surface area contributed by atoms with Gasteiger partial charge in [-0.05, 0) is 51.1 Å². The number of hydrogen-bond donors (Lipinski definition) is 1. The average Bonchev–Trinajstić information content (AvgIpc) is 2.49. The van der Waals surface area contributed by atoms with Gasteiger partial charge in [0.05, 0.1) is 0 Å². The van der Waals surface area contributed by atoms with Gasteiger partial charge in [0.2, 0.25) is 0 Å². The molecule has 1 saturated heterocycles. The summed E-state index contributed by atoms with van der Waals surface area (Å²) in [5.41, 5.74) is 0. The van der Waals surface area contributed by atoms with E-state index in [1.54, 1.807) is 0 Å². The van der Waals surface area contributed by atoms with E-state index in [1.165, 1.54) is 83.7 Å². The van der Waals surface area contributed by atoms with Crippen molar-refractivity contribution < 1.29 is 0 Å². The van der Waals surface area contributed by atoms with Crippen LogP contribution in [-0.2, 0) is 0 Å². The molecule has 0 aromatic heterocycles. The molecule has 3 fully saturated rings. The fraction of sp³-hybridized carbons (Fsp3) is 1.00. The van der Waals surface area contributed by atoms with Crippen molar-refractivity contribution in [2.45, 2.75) is 82.7 Å². The molecule has 2 aliphatic carbocycles. The second kappa shape index (κ2) is 7.26. The third kappa shape index (κ3) is 3.76. The topological polar surface area (TPSA) is 15.3 Å². The van der Waals surface area contributed by atoms with Crippen molar-refractivity contribution in [3.63, 3.8) is 0 Å². The Hall–Kier alpha value is -0.0800. The molecule has 3 rings (SSSR count). The standard InChI is InChI=1S/C18H34N2/c1-20-13-7-10-16(14-20)19-18-12-6-5-11-17(18)15-8-3-2-4-9-15/h15-19H,2-14H2,1H3. The van der Waals surface area contributed by atoms with E-state index in [2.05, 4.69) is 17.3 Å². The molecule has 116 valence electrons. The predicted molar refractivity (Wildman–Crippen MR) is 86.0 cm³/mol. The van der Waals surface area contributed by atoms with Crippen molar-refractivity contribution in [3.8, 4) is 0 Å².